The van der Waals surface area contributed by atoms with E-state index >= 15 is 0 Å². The van der Waals surface area contributed by atoms with Gasteiger partial charge in [-0.1, -0.05) is 36.4 Å². The van der Waals surface area contributed by atoms with Gasteiger partial charge in [0.05, 0.1) is 13.7 Å². The summed E-state index contributed by atoms with van der Waals surface area (Å²) in [5.74, 6) is -0.389. The third-order valence-electron chi connectivity index (χ3n) is 3.68. The van der Waals surface area contributed by atoms with Crippen LogP contribution in [-0.4, -0.2) is 49.2 Å². The summed E-state index contributed by atoms with van der Waals surface area (Å²) >= 11 is 0. The number of carbonyl (C=O) groups excluding carboxylic acids is 2. The summed E-state index contributed by atoms with van der Waals surface area (Å²) in [4.78, 5) is 25.6. The molecule has 0 saturated carbocycles. The Morgan fingerprint density at radius 1 is 1.35 bits per heavy atom. The molecule has 2 rings (SSSR count). The van der Waals surface area contributed by atoms with Crippen molar-refractivity contribution in [2.45, 2.75) is 25.1 Å². The lowest BCUT2D eigenvalue weighted by Crippen LogP contribution is -2.60. The van der Waals surface area contributed by atoms with Crippen LogP contribution < -0.4 is 5.32 Å². The molecule has 1 saturated heterocycles. The van der Waals surface area contributed by atoms with Gasteiger partial charge in [-0.05, 0) is 12.0 Å². The van der Waals surface area contributed by atoms with Gasteiger partial charge in [-0.25, -0.2) is 4.79 Å². The summed E-state index contributed by atoms with van der Waals surface area (Å²) in [6, 6.07) is 8.87. The summed E-state index contributed by atoms with van der Waals surface area (Å²) in [7, 11) is 1.33. The van der Waals surface area contributed by atoms with Crippen LogP contribution in [0.2, 0.25) is 0 Å². The molecule has 0 bridgehead atoms. The van der Waals surface area contributed by atoms with E-state index in [1.807, 2.05) is 30.3 Å². The summed E-state index contributed by atoms with van der Waals surface area (Å²) < 4.78 is 10.1. The first-order chi connectivity index (χ1) is 11.1. The van der Waals surface area contributed by atoms with E-state index < -0.39 is 12.1 Å². The maximum Gasteiger partial charge on any atom is 0.410 e. The average molecular weight is 318 g/mol. The standard InChI is InChI=1S/C17H22N2O4/c1-3-7-14-10-19(11-15(18-14)16(20)22-2)17(21)23-12-13-8-5-4-6-9-13/h3-6,8-9,14-15,18H,1,7,10-12H2,2H3. The minimum atomic E-state index is -0.553. The number of hydrogen-bond acceptors (Lipinski definition) is 5. The Hall–Kier alpha value is -2.34. The molecule has 0 radical (unpaired) electrons. The average Bonchev–Trinajstić information content (AvgIpc) is 2.59. The summed E-state index contributed by atoms with van der Waals surface area (Å²) in [6.45, 7) is 4.60. The fraction of sp³-hybridized carbons (Fsp3) is 0.412. The molecule has 0 spiro atoms. The van der Waals surface area contributed by atoms with Gasteiger partial charge in [-0.2, -0.15) is 0 Å². The van der Waals surface area contributed by atoms with E-state index in [0.29, 0.717) is 13.0 Å². The van der Waals surface area contributed by atoms with E-state index in [0.717, 1.165) is 5.56 Å². The number of esters is 1. The van der Waals surface area contributed by atoms with Crippen molar-refractivity contribution in [1.82, 2.24) is 10.2 Å². The third kappa shape index (κ3) is 4.82. The zero-order chi connectivity index (χ0) is 16.7. The fourth-order valence-corrected chi connectivity index (χ4v) is 2.54. The number of nitrogens with zero attached hydrogens (tertiary/aromatic N) is 1. The van der Waals surface area contributed by atoms with Crippen LogP contribution in [0.25, 0.3) is 0 Å². The topological polar surface area (TPSA) is 67.9 Å². The lowest BCUT2D eigenvalue weighted by atomic mass is 10.1. The second-order valence-corrected chi connectivity index (χ2v) is 5.41. The molecule has 124 valence electrons. The largest absolute Gasteiger partial charge is 0.468 e. The second-order valence-electron chi connectivity index (χ2n) is 5.41. The molecule has 1 fully saturated rings. The highest BCUT2D eigenvalue weighted by Gasteiger charge is 2.34. The molecule has 1 aliphatic heterocycles. The van der Waals surface area contributed by atoms with Gasteiger partial charge in [0.2, 0.25) is 0 Å². The predicted molar refractivity (Wildman–Crippen MR) is 85.7 cm³/mol. The molecule has 1 amide bonds. The van der Waals surface area contributed by atoms with Gasteiger partial charge in [0, 0.05) is 12.6 Å². The molecule has 1 heterocycles. The summed E-state index contributed by atoms with van der Waals surface area (Å²) in [5.41, 5.74) is 0.920. The van der Waals surface area contributed by atoms with Gasteiger partial charge in [-0.15, -0.1) is 6.58 Å². The molecule has 1 N–H and O–H groups in total. The van der Waals surface area contributed by atoms with Crippen LogP contribution in [0.3, 0.4) is 0 Å². The van der Waals surface area contributed by atoms with Gasteiger partial charge < -0.3 is 14.4 Å². The van der Waals surface area contributed by atoms with E-state index in [2.05, 4.69) is 11.9 Å². The van der Waals surface area contributed by atoms with Gasteiger partial charge in [0.25, 0.3) is 0 Å². The molecule has 6 nitrogen and oxygen atoms in total. The molecule has 6 heteroatoms. The molecule has 23 heavy (non-hydrogen) atoms. The smallest absolute Gasteiger partial charge is 0.410 e. The van der Waals surface area contributed by atoms with Gasteiger partial charge in [-0.3, -0.25) is 10.1 Å². The lowest BCUT2D eigenvalue weighted by Gasteiger charge is -2.36. The van der Waals surface area contributed by atoms with Crippen molar-refractivity contribution in [3.63, 3.8) is 0 Å². The highest BCUT2D eigenvalue weighted by Crippen LogP contribution is 2.12. The van der Waals surface area contributed by atoms with Crippen LogP contribution in [0.15, 0.2) is 43.0 Å². The Kier molecular flexibility index (Phi) is 6.17. The summed E-state index contributed by atoms with van der Waals surface area (Å²) in [6.07, 6.45) is 1.97. The molecule has 0 aliphatic carbocycles. The Bertz CT molecular complexity index is 547. The van der Waals surface area contributed by atoms with E-state index in [9.17, 15) is 9.59 Å². The Morgan fingerprint density at radius 3 is 2.74 bits per heavy atom. The minimum absolute atomic E-state index is 0.0466. The number of hydrogen-bond donors (Lipinski definition) is 1. The number of rotatable bonds is 5. The number of carbonyl (C=O) groups is 2. The maximum atomic E-state index is 12.3. The van der Waals surface area contributed by atoms with Crippen LogP contribution in [0.5, 0.6) is 0 Å². The van der Waals surface area contributed by atoms with E-state index in [4.69, 9.17) is 9.47 Å². The molecule has 1 aromatic rings. The first-order valence-corrected chi connectivity index (χ1v) is 7.54. The first-order valence-electron chi connectivity index (χ1n) is 7.54. The molecule has 2 atom stereocenters. The zero-order valence-electron chi connectivity index (χ0n) is 13.2. The monoisotopic (exact) mass is 318 g/mol. The SMILES string of the molecule is C=CCC1CN(C(=O)OCc2ccccc2)CC(C(=O)OC)N1. The Labute approximate surface area is 136 Å². The minimum Gasteiger partial charge on any atom is -0.468 e. The number of methoxy groups -OCH3 is 1. The molecule has 0 aromatic heterocycles. The van der Waals surface area contributed by atoms with Crippen molar-refractivity contribution in [1.29, 1.82) is 0 Å². The highest BCUT2D eigenvalue weighted by molar-refractivity contribution is 5.77. The lowest BCUT2D eigenvalue weighted by molar-refractivity contribution is -0.144. The van der Waals surface area contributed by atoms with Crippen molar-refractivity contribution >= 4 is 12.1 Å². The Balaban J connectivity index is 1.96. The number of ether oxygens (including phenoxy) is 2. The van der Waals surface area contributed by atoms with Crippen LogP contribution in [0, 0.1) is 0 Å². The predicted octanol–water partition coefficient (Wildman–Crippen LogP) is 1.71. The highest BCUT2D eigenvalue weighted by atomic mass is 16.6. The number of benzene rings is 1. The number of nitrogens with one attached hydrogen (secondary N) is 1. The zero-order valence-corrected chi connectivity index (χ0v) is 13.2. The molecule has 1 aliphatic rings. The summed E-state index contributed by atoms with van der Waals surface area (Å²) in [5, 5.41) is 3.17. The van der Waals surface area contributed by atoms with Crippen LogP contribution >= 0.6 is 0 Å². The van der Waals surface area contributed by atoms with Crippen LogP contribution in [0.1, 0.15) is 12.0 Å². The normalized spacial score (nSPS) is 20.7. The van der Waals surface area contributed by atoms with Crippen molar-refractivity contribution in [2.75, 3.05) is 20.2 Å². The van der Waals surface area contributed by atoms with Gasteiger partial charge in [0.1, 0.15) is 12.6 Å². The Morgan fingerprint density at radius 2 is 2.09 bits per heavy atom. The number of piperazine rings is 1. The molecular formula is C17H22N2O4. The van der Waals surface area contributed by atoms with Crippen molar-refractivity contribution < 1.29 is 19.1 Å². The molecule has 1 aromatic carbocycles. The second kappa shape index (κ2) is 8.33. The molecule has 2 unspecified atom stereocenters. The van der Waals surface area contributed by atoms with Crippen LogP contribution in [0.4, 0.5) is 4.79 Å². The van der Waals surface area contributed by atoms with Gasteiger partial charge in [0.15, 0.2) is 0 Å². The third-order valence-corrected chi connectivity index (χ3v) is 3.68. The fourth-order valence-electron chi connectivity index (χ4n) is 2.54. The van der Waals surface area contributed by atoms with Crippen molar-refractivity contribution in [3.8, 4) is 0 Å². The van der Waals surface area contributed by atoms with Crippen LogP contribution in [-0.2, 0) is 20.9 Å². The molecular weight excluding hydrogens is 296 g/mol. The van der Waals surface area contributed by atoms with E-state index in [1.165, 1.54) is 12.0 Å². The van der Waals surface area contributed by atoms with Crippen molar-refractivity contribution in [3.05, 3.63) is 48.6 Å². The number of amides is 1. The quantitative estimate of drug-likeness (QED) is 0.661. The maximum absolute atomic E-state index is 12.3. The first kappa shape index (κ1) is 17.0. The van der Waals surface area contributed by atoms with E-state index in [1.54, 1.807) is 6.08 Å². The van der Waals surface area contributed by atoms with E-state index in [-0.39, 0.29) is 25.2 Å². The van der Waals surface area contributed by atoms with Crippen molar-refractivity contribution in [2.24, 2.45) is 0 Å². The van der Waals surface area contributed by atoms with Gasteiger partial charge >= 0.3 is 12.1 Å².